The Balaban J connectivity index is -0.00000000450. The molecule has 2 N–H and O–H groups in total. The zero-order valence-electron chi connectivity index (χ0n) is 6.21. The Morgan fingerprint density at radius 2 is 1.29 bits per heavy atom. The summed E-state index contributed by atoms with van der Waals surface area (Å²) >= 11 is -2.61. The van der Waals surface area contributed by atoms with E-state index in [0.717, 1.165) is 0 Å². The molecule has 0 unspecified atom stereocenters. The van der Waals surface area contributed by atoms with Crippen molar-refractivity contribution in [2.24, 2.45) is 0 Å². The standard InChI is InChI=1S/2Na.H2O3S.Zr.2H/c;;1-4(2)3;;;/h;;(H2,1,2,3);;;/q2*+1;;;2*-1. The Hall–Kier alpha value is 2.95. The van der Waals surface area contributed by atoms with Crippen LogP contribution in [0.25, 0.3) is 0 Å². The summed E-state index contributed by atoms with van der Waals surface area (Å²) in [7, 11) is 0. The summed E-state index contributed by atoms with van der Waals surface area (Å²) in [4.78, 5) is 0. The van der Waals surface area contributed by atoms with Gasteiger partial charge in [0.25, 0.3) is 11.4 Å². The van der Waals surface area contributed by atoms with Gasteiger partial charge in [-0.15, -0.1) is 0 Å². The largest absolute Gasteiger partial charge is 1.00 e. The third-order valence-corrected chi connectivity index (χ3v) is 0. The molecular weight excluding hydrogens is 217 g/mol. The molecule has 0 fully saturated rings. The Bertz CT molecular complexity index is 42.8. The normalized spacial score (nSPS) is 5.00. The topological polar surface area (TPSA) is 57.5 Å². The Morgan fingerprint density at radius 1 is 1.29 bits per heavy atom. The first kappa shape index (κ1) is 22.5. The molecule has 0 heterocycles. The molecule has 0 saturated heterocycles. The van der Waals surface area contributed by atoms with Crippen LogP contribution < -0.4 is 59.1 Å². The zero-order valence-corrected chi connectivity index (χ0v) is 11.5. The average Bonchev–Trinajstić information content (AvgIpc) is 0.811. The van der Waals surface area contributed by atoms with Crippen molar-refractivity contribution in [2.45, 2.75) is 0 Å². The molecule has 0 aliphatic carbocycles. The van der Waals surface area contributed by atoms with Crippen LogP contribution in [0.5, 0.6) is 0 Å². The maximum Gasteiger partial charge on any atom is 1.00 e. The van der Waals surface area contributed by atoms with Gasteiger partial charge in [0.1, 0.15) is 0 Å². The molecule has 0 aromatic heterocycles. The van der Waals surface area contributed by atoms with Crippen LogP contribution in [0.2, 0.25) is 0 Å². The van der Waals surface area contributed by atoms with Gasteiger partial charge in [0.15, 0.2) is 0 Å². The van der Waals surface area contributed by atoms with E-state index in [0.29, 0.717) is 0 Å². The minimum absolute atomic E-state index is 0. The van der Waals surface area contributed by atoms with Crippen LogP contribution in [0.3, 0.4) is 0 Å². The molecule has 0 bridgehead atoms. The van der Waals surface area contributed by atoms with Crippen LogP contribution in [-0.4, -0.2) is 13.3 Å². The van der Waals surface area contributed by atoms with Gasteiger partial charge in [-0.3, -0.25) is 9.11 Å². The van der Waals surface area contributed by atoms with E-state index in [1.165, 1.54) is 0 Å². The fourth-order valence-electron chi connectivity index (χ4n) is 0. The van der Waals surface area contributed by atoms with E-state index in [1.807, 2.05) is 0 Å². The summed E-state index contributed by atoms with van der Waals surface area (Å²) in [6.45, 7) is 0. The van der Waals surface area contributed by atoms with Gasteiger partial charge in [-0.2, -0.15) is 4.21 Å². The Morgan fingerprint density at radius 3 is 1.29 bits per heavy atom. The van der Waals surface area contributed by atoms with Gasteiger partial charge in [0.05, 0.1) is 0 Å². The summed E-state index contributed by atoms with van der Waals surface area (Å²) in [6, 6.07) is 0. The fourth-order valence-corrected chi connectivity index (χ4v) is 0. The molecule has 0 aliphatic heterocycles. The maximum atomic E-state index is 8.67. The molecule has 3 nitrogen and oxygen atoms in total. The first-order chi connectivity index (χ1) is 1.73. The molecule has 7 heavy (non-hydrogen) atoms. The summed E-state index contributed by atoms with van der Waals surface area (Å²) in [6.07, 6.45) is 0. The van der Waals surface area contributed by atoms with E-state index in [4.69, 9.17) is 13.3 Å². The molecule has 0 rings (SSSR count). The van der Waals surface area contributed by atoms with E-state index >= 15 is 0 Å². The average molecular weight is 221 g/mol. The summed E-state index contributed by atoms with van der Waals surface area (Å²) < 4.78 is 22.8. The minimum Gasteiger partial charge on any atom is -1.00 e. The van der Waals surface area contributed by atoms with E-state index in [1.54, 1.807) is 0 Å². The molecular formula is H4Na2O3SZr. The molecule has 0 spiro atoms. The van der Waals surface area contributed by atoms with Crippen LogP contribution in [-0.2, 0) is 37.6 Å². The third kappa shape index (κ3) is 49.6. The van der Waals surface area contributed by atoms with Crippen LogP contribution >= 0.6 is 0 Å². The van der Waals surface area contributed by atoms with Crippen molar-refractivity contribution in [3.8, 4) is 0 Å². The van der Waals surface area contributed by atoms with Gasteiger partial charge < -0.3 is 2.85 Å². The van der Waals surface area contributed by atoms with E-state index in [9.17, 15) is 0 Å². The quantitative estimate of drug-likeness (QED) is 0.316. The molecule has 0 saturated carbocycles. The molecule has 0 aromatic rings. The number of rotatable bonds is 0. The summed E-state index contributed by atoms with van der Waals surface area (Å²) in [5.74, 6) is 0. The Kier molecular flexibility index (Phi) is 51.4. The van der Waals surface area contributed by atoms with Crippen LogP contribution in [0, 0.1) is 0 Å². The van der Waals surface area contributed by atoms with E-state index in [-0.39, 0.29) is 88.2 Å². The number of hydrogen-bond acceptors (Lipinski definition) is 1. The van der Waals surface area contributed by atoms with Crippen molar-refractivity contribution >= 4 is 11.4 Å². The second-order valence-corrected chi connectivity index (χ2v) is 0.692. The van der Waals surface area contributed by atoms with Gasteiger partial charge in [0, 0.05) is 26.2 Å². The van der Waals surface area contributed by atoms with Crippen molar-refractivity contribution < 1.29 is 101 Å². The molecule has 34 valence electrons. The molecule has 0 aromatic carbocycles. The van der Waals surface area contributed by atoms with Crippen molar-refractivity contribution in [2.75, 3.05) is 0 Å². The van der Waals surface area contributed by atoms with E-state index in [2.05, 4.69) is 0 Å². The third-order valence-electron chi connectivity index (χ3n) is 0. The SMILES string of the molecule is O=S(O)O.[H-].[H-].[Na+].[Na+].[Zr]. The summed E-state index contributed by atoms with van der Waals surface area (Å²) in [5.41, 5.74) is 0. The van der Waals surface area contributed by atoms with Crippen molar-refractivity contribution in [1.82, 2.24) is 0 Å². The molecule has 0 amide bonds. The first-order valence-electron chi connectivity index (χ1n) is 0.532. The molecule has 0 atom stereocenters. The van der Waals surface area contributed by atoms with Crippen LogP contribution in [0.1, 0.15) is 2.85 Å². The van der Waals surface area contributed by atoms with Crippen LogP contribution in [0.4, 0.5) is 0 Å². The second kappa shape index (κ2) is 16.0. The Labute approximate surface area is 111 Å². The minimum atomic E-state index is -2.61. The van der Waals surface area contributed by atoms with Gasteiger partial charge in [-0.25, -0.2) is 0 Å². The van der Waals surface area contributed by atoms with Crippen molar-refractivity contribution in [3.63, 3.8) is 0 Å². The predicted octanol–water partition coefficient (Wildman–Crippen LogP) is -6.09. The summed E-state index contributed by atoms with van der Waals surface area (Å²) in [5, 5.41) is 0. The molecule has 7 heteroatoms. The second-order valence-electron chi connectivity index (χ2n) is 0.231. The van der Waals surface area contributed by atoms with Crippen molar-refractivity contribution in [3.05, 3.63) is 0 Å². The van der Waals surface area contributed by atoms with Gasteiger partial charge in [-0.1, -0.05) is 0 Å². The molecule has 0 aliphatic rings. The fraction of sp³-hybridized carbons (Fsp3) is 0. The maximum absolute atomic E-state index is 8.67. The first-order valence-corrected chi connectivity index (χ1v) is 1.60. The predicted molar refractivity (Wildman–Crippen MR) is 15.6 cm³/mol. The van der Waals surface area contributed by atoms with E-state index < -0.39 is 11.4 Å². The number of hydrogen-bond donors (Lipinski definition) is 2. The van der Waals surface area contributed by atoms with Gasteiger partial charge in [-0.05, 0) is 0 Å². The smallest absolute Gasteiger partial charge is 1.00 e. The van der Waals surface area contributed by atoms with Crippen LogP contribution in [0.15, 0.2) is 0 Å². The van der Waals surface area contributed by atoms with Gasteiger partial charge >= 0.3 is 59.1 Å². The zero-order chi connectivity index (χ0) is 3.58. The molecule has 0 radical (unpaired) electrons. The van der Waals surface area contributed by atoms with Crippen molar-refractivity contribution in [1.29, 1.82) is 0 Å². The monoisotopic (exact) mass is 220 g/mol. The van der Waals surface area contributed by atoms with Gasteiger partial charge in [0.2, 0.25) is 0 Å².